The first kappa shape index (κ1) is 12.2. The van der Waals surface area contributed by atoms with Gasteiger partial charge in [-0.1, -0.05) is 6.07 Å². The van der Waals surface area contributed by atoms with Gasteiger partial charge in [-0.15, -0.1) is 11.3 Å². The zero-order chi connectivity index (χ0) is 13.3. The SMILES string of the molecule is Cc1nc(C(=O)O)c(-c2ccc(C#N)c(F)c2)s1. The number of hydrogen-bond acceptors (Lipinski definition) is 4. The smallest absolute Gasteiger partial charge is 0.356 e. The molecule has 2 rings (SSSR count). The quantitative estimate of drug-likeness (QED) is 0.903. The van der Waals surface area contributed by atoms with E-state index in [1.54, 1.807) is 13.0 Å². The van der Waals surface area contributed by atoms with Gasteiger partial charge >= 0.3 is 5.97 Å². The van der Waals surface area contributed by atoms with Crippen LogP contribution in [0.15, 0.2) is 18.2 Å². The van der Waals surface area contributed by atoms with Gasteiger partial charge in [0, 0.05) is 0 Å². The number of carboxylic acids is 1. The molecule has 0 fully saturated rings. The number of halogens is 1. The molecule has 0 spiro atoms. The van der Waals surface area contributed by atoms with Crippen molar-refractivity contribution in [2.24, 2.45) is 0 Å². The molecule has 0 unspecified atom stereocenters. The van der Waals surface area contributed by atoms with Crippen LogP contribution in [0.3, 0.4) is 0 Å². The van der Waals surface area contributed by atoms with E-state index in [1.165, 1.54) is 23.5 Å². The standard InChI is InChI=1S/C12H7FN2O2S/c1-6-15-10(12(16)17)11(18-6)7-2-3-8(5-14)9(13)4-7/h2-4H,1H3,(H,16,17). The van der Waals surface area contributed by atoms with Crippen LogP contribution in [0.4, 0.5) is 4.39 Å². The van der Waals surface area contributed by atoms with E-state index < -0.39 is 11.8 Å². The van der Waals surface area contributed by atoms with Gasteiger partial charge in [-0.25, -0.2) is 14.2 Å². The largest absolute Gasteiger partial charge is 0.476 e. The highest BCUT2D eigenvalue weighted by Gasteiger charge is 2.18. The van der Waals surface area contributed by atoms with Crippen molar-refractivity contribution in [3.05, 3.63) is 40.3 Å². The summed E-state index contributed by atoms with van der Waals surface area (Å²) in [6.45, 7) is 1.68. The minimum absolute atomic E-state index is 0.0723. The van der Waals surface area contributed by atoms with E-state index in [1.807, 2.05) is 0 Å². The molecule has 1 aromatic heterocycles. The Labute approximate surface area is 106 Å². The molecule has 1 aromatic carbocycles. The Morgan fingerprint density at radius 2 is 2.28 bits per heavy atom. The molecule has 0 radical (unpaired) electrons. The van der Waals surface area contributed by atoms with E-state index in [0.29, 0.717) is 15.4 Å². The minimum Gasteiger partial charge on any atom is -0.476 e. The molecule has 0 saturated carbocycles. The molecule has 0 aliphatic heterocycles. The van der Waals surface area contributed by atoms with Crippen molar-refractivity contribution in [2.45, 2.75) is 6.92 Å². The van der Waals surface area contributed by atoms with Crippen molar-refractivity contribution in [3.8, 4) is 16.5 Å². The number of carbonyl (C=O) groups is 1. The minimum atomic E-state index is -1.15. The molecule has 6 heteroatoms. The Balaban J connectivity index is 2.59. The second-order valence-electron chi connectivity index (χ2n) is 3.52. The zero-order valence-electron chi connectivity index (χ0n) is 9.27. The average molecular weight is 262 g/mol. The number of nitriles is 1. The van der Waals surface area contributed by atoms with Crippen LogP contribution in [0, 0.1) is 24.1 Å². The fourth-order valence-electron chi connectivity index (χ4n) is 1.51. The molecule has 0 atom stereocenters. The second-order valence-corrected chi connectivity index (χ2v) is 4.73. The van der Waals surface area contributed by atoms with Crippen LogP contribution in [-0.2, 0) is 0 Å². The highest BCUT2D eigenvalue weighted by molar-refractivity contribution is 7.15. The summed E-state index contributed by atoms with van der Waals surface area (Å²) < 4.78 is 13.5. The Bertz CT molecular complexity index is 673. The predicted molar refractivity (Wildman–Crippen MR) is 63.9 cm³/mol. The number of aryl methyl sites for hydroxylation is 1. The number of aromatic nitrogens is 1. The molecule has 0 bridgehead atoms. The summed E-state index contributed by atoms with van der Waals surface area (Å²) >= 11 is 1.18. The molecule has 0 aliphatic carbocycles. The zero-order valence-corrected chi connectivity index (χ0v) is 10.1. The topological polar surface area (TPSA) is 74.0 Å². The van der Waals surface area contributed by atoms with Crippen LogP contribution in [0.25, 0.3) is 10.4 Å². The van der Waals surface area contributed by atoms with E-state index in [4.69, 9.17) is 10.4 Å². The van der Waals surface area contributed by atoms with Crippen LogP contribution < -0.4 is 0 Å². The number of carboxylic acid groups (broad SMARTS) is 1. The van der Waals surface area contributed by atoms with Crippen LogP contribution in [0.2, 0.25) is 0 Å². The van der Waals surface area contributed by atoms with Crippen molar-refractivity contribution < 1.29 is 14.3 Å². The molecule has 2 aromatic rings. The van der Waals surface area contributed by atoms with Crippen LogP contribution in [0.1, 0.15) is 21.1 Å². The van der Waals surface area contributed by atoms with Gasteiger partial charge in [0.1, 0.15) is 11.9 Å². The highest BCUT2D eigenvalue weighted by atomic mass is 32.1. The first-order chi connectivity index (χ1) is 8.52. The number of aromatic carboxylic acids is 1. The fraction of sp³-hybridized carbons (Fsp3) is 0.0833. The second kappa shape index (κ2) is 4.55. The summed E-state index contributed by atoms with van der Waals surface area (Å²) in [4.78, 5) is 15.3. The molecule has 0 aliphatic rings. The maximum Gasteiger partial charge on any atom is 0.356 e. The Hall–Kier alpha value is -2.26. The molecular weight excluding hydrogens is 255 g/mol. The predicted octanol–water partition coefficient (Wildman–Crippen LogP) is 2.83. The maximum absolute atomic E-state index is 13.5. The lowest BCUT2D eigenvalue weighted by Crippen LogP contribution is -1.99. The third-order valence-electron chi connectivity index (χ3n) is 2.29. The van der Waals surface area contributed by atoms with Gasteiger partial charge in [0.15, 0.2) is 5.69 Å². The summed E-state index contributed by atoms with van der Waals surface area (Å²) in [5.41, 5.74) is 0.243. The molecule has 1 heterocycles. The van der Waals surface area contributed by atoms with E-state index in [9.17, 15) is 9.18 Å². The van der Waals surface area contributed by atoms with Crippen molar-refractivity contribution in [2.75, 3.05) is 0 Å². The van der Waals surface area contributed by atoms with Gasteiger partial charge in [0.2, 0.25) is 0 Å². The van der Waals surface area contributed by atoms with Gasteiger partial charge < -0.3 is 5.11 Å². The summed E-state index contributed by atoms with van der Waals surface area (Å²) in [6.07, 6.45) is 0. The Morgan fingerprint density at radius 1 is 1.56 bits per heavy atom. The average Bonchev–Trinajstić information content (AvgIpc) is 2.71. The van der Waals surface area contributed by atoms with E-state index in [-0.39, 0.29) is 11.3 Å². The van der Waals surface area contributed by atoms with Crippen molar-refractivity contribution in [1.29, 1.82) is 5.26 Å². The normalized spacial score (nSPS) is 10.1. The summed E-state index contributed by atoms with van der Waals surface area (Å²) in [7, 11) is 0. The van der Waals surface area contributed by atoms with E-state index in [2.05, 4.69) is 4.98 Å². The van der Waals surface area contributed by atoms with Gasteiger partial charge in [0.05, 0.1) is 15.4 Å². The molecule has 0 amide bonds. The molecule has 1 N–H and O–H groups in total. The lowest BCUT2D eigenvalue weighted by molar-refractivity contribution is 0.0692. The molecular formula is C12H7FN2O2S. The monoisotopic (exact) mass is 262 g/mol. The molecule has 4 nitrogen and oxygen atoms in total. The number of benzene rings is 1. The first-order valence-electron chi connectivity index (χ1n) is 4.93. The number of hydrogen-bond donors (Lipinski definition) is 1. The molecule has 90 valence electrons. The number of rotatable bonds is 2. The van der Waals surface area contributed by atoms with Crippen molar-refractivity contribution >= 4 is 17.3 Å². The Kier molecular flexibility index (Phi) is 3.08. The fourth-order valence-corrected chi connectivity index (χ4v) is 2.42. The van der Waals surface area contributed by atoms with Crippen LogP contribution >= 0.6 is 11.3 Å². The van der Waals surface area contributed by atoms with Gasteiger partial charge in [-0.2, -0.15) is 5.26 Å². The van der Waals surface area contributed by atoms with Crippen LogP contribution in [-0.4, -0.2) is 16.1 Å². The van der Waals surface area contributed by atoms with Gasteiger partial charge in [-0.3, -0.25) is 0 Å². The van der Waals surface area contributed by atoms with Gasteiger partial charge in [0.25, 0.3) is 0 Å². The third kappa shape index (κ3) is 2.08. The van der Waals surface area contributed by atoms with Gasteiger partial charge in [-0.05, 0) is 24.6 Å². The molecule has 18 heavy (non-hydrogen) atoms. The van der Waals surface area contributed by atoms with Crippen molar-refractivity contribution in [1.82, 2.24) is 4.98 Å². The summed E-state index contributed by atoms with van der Waals surface area (Å²) in [5.74, 6) is -1.82. The highest BCUT2D eigenvalue weighted by Crippen LogP contribution is 2.31. The third-order valence-corrected chi connectivity index (χ3v) is 3.31. The van der Waals surface area contributed by atoms with E-state index in [0.717, 1.165) is 6.07 Å². The Morgan fingerprint density at radius 3 is 2.83 bits per heavy atom. The number of nitrogens with zero attached hydrogens (tertiary/aromatic N) is 2. The molecule has 0 saturated heterocycles. The summed E-state index contributed by atoms with van der Waals surface area (Å²) in [6, 6.07) is 5.70. The van der Waals surface area contributed by atoms with Crippen molar-refractivity contribution in [3.63, 3.8) is 0 Å². The summed E-state index contributed by atoms with van der Waals surface area (Å²) in [5, 5.41) is 18.2. The lowest BCUT2D eigenvalue weighted by atomic mass is 10.1. The van der Waals surface area contributed by atoms with E-state index >= 15 is 0 Å². The lowest BCUT2D eigenvalue weighted by Gasteiger charge is -2.00. The maximum atomic E-state index is 13.5. The number of thiazole rings is 1. The van der Waals surface area contributed by atoms with Crippen LogP contribution in [0.5, 0.6) is 0 Å². The first-order valence-corrected chi connectivity index (χ1v) is 5.75.